The van der Waals surface area contributed by atoms with Crippen LogP contribution >= 0.6 is 0 Å². The molecule has 0 bridgehead atoms. The number of amides is 1. The van der Waals surface area contributed by atoms with Crippen LogP contribution in [0.3, 0.4) is 0 Å². The van der Waals surface area contributed by atoms with E-state index < -0.39 is 5.54 Å². The van der Waals surface area contributed by atoms with Gasteiger partial charge in [-0.2, -0.15) is 0 Å². The van der Waals surface area contributed by atoms with Gasteiger partial charge in [-0.05, 0) is 32.6 Å². The zero-order valence-electron chi connectivity index (χ0n) is 11.5. The van der Waals surface area contributed by atoms with Crippen molar-refractivity contribution >= 4 is 11.9 Å². The van der Waals surface area contributed by atoms with Crippen molar-refractivity contribution in [3.8, 4) is 0 Å². The molecule has 5 heteroatoms. The molecule has 1 aliphatic rings. The van der Waals surface area contributed by atoms with Crippen molar-refractivity contribution in [1.82, 2.24) is 5.32 Å². The van der Waals surface area contributed by atoms with E-state index in [2.05, 4.69) is 5.32 Å². The summed E-state index contributed by atoms with van der Waals surface area (Å²) in [5.41, 5.74) is 4.73. The maximum atomic E-state index is 11.5. The molecule has 0 heterocycles. The number of ether oxygens (including phenoxy) is 1. The maximum absolute atomic E-state index is 11.5. The van der Waals surface area contributed by atoms with Crippen LogP contribution in [0.15, 0.2) is 0 Å². The molecule has 0 radical (unpaired) electrons. The SMILES string of the molecule is CCC(C)(NC1CCCC(C(=O)OC)C1)C(N)=O. The Labute approximate surface area is 108 Å². The monoisotopic (exact) mass is 256 g/mol. The highest BCUT2D eigenvalue weighted by Crippen LogP contribution is 2.27. The average Bonchev–Trinajstić information content (AvgIpc) is 2.37. The predicted molar refractivity (Wildman–Crippen MR) is 68.8 cm³/mol. The van der Waals surface area contributed by atoms with Crippen molar-refractivity contribution in [3.63, 3.8) is 0 Å². The number of carbonyl (C=O) groups excluding carboxylic acids is 2. The number of rotatable bonds is 5. The van der Waals surface area contributed by atoms with E-state index in [9.17, 15) is 9.59 Å². The molecule has 0 aromatic heterocycles. The van der Waals surface area contributed by atoms with Crippen LogP contribution < -0.4 is 11.1 Å². The minimum Gasteiger partial charge on any atom is -0.469 e. The third kappa shape index (κ3) is 3.45. The van der Waals surface area contributed by atoms with E-state index in [0.29, 0.717) is 6.42 Å². The number of nitrogens with two attached hydrogens (primary N) is 1. The quantitative estimate of drug-likeness (QED) is 0.718. The van der Waals surface area contributed by atoms with E-state index in [1.807, 2.05) is 13.8 Å². The molecular formula is C13H24N2O3. The smallest absolute Gasteiger partial charge is 0.308 e. The molecule has 1 amide bonds. The number of nitrogens with one attached hydrogen (secondary N) is 1. The van der Waals surface area contributed by atoms with Crippen LogP contribution in [0.25, 0.3) is 0 Å². The van der Waals surface area contributed by atoms with Gasteiger partial charge in [0.25, 0.3) is 0 Å². The summed E-state index contributed by atoms with van der Waals surface area (Å²) in [7, 11) is 1.42. The Bertz CT molecular complexity index is 319. The van der Waals surface area contributed by atoms with Crippen molar-refractivity contribution in [2.75, 3.05) is 7.11 Å². The van der Waals surface area contributed by atoms with Gasteiger partial charge in [0.15, 0.2) is 0 Å². The summed E-state index contributed by atoms with van der Waals surface area (Å²) in [6.07, 6.45) is 4.16. The molecule has 1 rings (SSSR count). The lowest BCUT2D eigenvalue weighted by Gasteiger charge is -2.35. The van der Waals surface area contributed by atoms with Crippen LogP contribution in [0, 0.1) is 5.92 Å². The lowest BCUT2D eigenvalue weighted by atomic mass is 9.84. The van der Waals surface area contributed by atoms with Crippen LogP contribution in [0.4, 0.5) is 0 Å². The Morgan fingerprint density at radius 1 is 1.44 bits per heavy atom. The van der Waals surface area contributed by atoms with Crippen molar-refractivity contribution in [2.24, 2.45) is 11.7 Å². The topological polar surface area (TPSA) is 81.4 Å². The van der Waals surface area contributed by atoms with Gasteiger partial charge in [-0.1, -0.05) is 13.3 Å². The molecule has 5 nitrogen and oxygen atoms in total. The second-order valence-electron chi connectivity index (χ2n) is 5.28. The Hall–Kier alpha value is -1.10. The minimum absolute atomic E-state index is 0.0600. The molecule has 18 heavy (non-hydrogen) atoms. The molecule has 0 spiro atoms. The summed E-state index contributed by atoms with van der Waals surface area (Å²) in [5.74, 6) is -0.556. The molecule has 1 aliphatic carbocycles. The third-order valence-corrected chi connectivity index (χ3v) is 3.98. The van der Waals surface area contributed by atoms with Gasteiger partial charge in [-0.25, -0.2) is 0 Å². The van der Waals surface area contributed by atoms with Crippen LogP contribution in [0.1, 0.15) is 46.0 Å². The first-order chi connectivity index (χ1) is 8.42. The van der Waals surface area contributed by atoms with Gasteiger partial charge < -0.3 is 15.8 Å². The normalized spacial score (nSPS) is 27.3. The maximum Gasteiger partial charge on any atom is 0.308 e. The van der Waals surface area contributed by atoms with Gasteiger partial charge in [-0.15, -0.1) is 0 Å². The summed E-state index contributed by atoms with van der Waals surface area (Å²) in [6, 6.07) is 0.153. The third-order valence-electron chi connectivity index (χ3n) is 3.98. The molecule has 0 aliphatic heterocycles. The van der Waals surface area contributed by atoms with Crippen LogP contribution in [-0.4, -0.2) is 30.6 Å². The lowest BCUT2D eigenvalue weighted by molar-refractivity contribution is -0.146. The summed E-state index contributed by atoms with van der Waals surface area (Å²) >= 11 is 0. The molecule has 0 saturated heterocycles. The summed E-state index contributed by atoms with van der Waals surface area (Å²) in [5, 5.41) is 3.31. The predicted octanol–water partition coefficient (Wildman–Crippen LogP) is 0.962. The first-order valence-corrected chi connectivity index (χ1v) is 6.58. The van der Waals surface area contributed by atoms with E-state index in [1.54, 1.807) is 0 Å². The molecule has 3 atom stereocenters. The Kier molecular flexibility index (Phi) is 5.14. The molecule has 3 unspecified atom stereocenters. The zero-order valence-corrected chi connectivity index (χ0v) is 11.5. The van der Waals surface area contributed by atoms with Crippen LogP contribution in [0.2, 0.25) is 0 Å². The van der Waals surface area contributed by atoms with Crippen LogP contribution in [0.5, 0.6) is 0 Å². The number of methoxy groups -OCH3 is 1. The first kappa shape index (κ1) is 15.0. The zero-order chi connectivity index (χ0) is 13.8. The number of hydrogen-bond acceptors (Lipinski definition) is 4. The average molecular weight is 256 g/mol. The van der Waals surface area contributed by atoms with Crippen LogP contribution in [-0.2, 0) is 14.3 Å². The van der Waals surface area contributed by atoms with Crippen molar-refractivity contribution in [1.29, 1.82) is 0 Å². The van der Waals surface area contributed by atoms with E-state index in [1.165, 1.54) is 7.11 Å². The summed E-state index contributed by atoms with van der Waals surface area (Å²) in [6.45, 7) is 3.75. The number of carbonyl (C=O) groups is 2. The molecule has 1 fully saturated rings. The Morgan fingerprint density at radius 2 is 2.11 bits per heavy atom. The van der Waals surface area contributed by atoms with E-state index in [-0.39, 0.29) is 23.8 Å². The number of esters is 1. The minimum atomic E-state index is -0.692. The molecule has 0 aromatic rings. The highest BCUT2D eigenvalue weighted by molar-refractivity contribution is 5.84. The second kappa shape index (κ2) is 6.18. The van der Waals surface area contributed by atoms with Gasteiger partial charge in [0.05, 0.1) is 18.6 Å². The van der Waals surface area contributed by atoms with Gasteiger partial charge >= 0.3 is 5.97 Å². The standard InChI is InChI=1S/C13H24N2O3/c1-4-13(2,12(14)17)15-10-7-5-6-9(8-10)11(16)18-3/h9-10,15H,4-8H2,1-3H3,(H2,14,17). The van der Waals surface area contributed by atoms with Gasteiger partial charge in [0.1, 0.15) is 0 Å². The van der Waals surface area contributed by atoms with Crippen molar-refractivity contribution < 1.29 is 14.3 Å². The van der Waals surface area contributed by atoms with Gasteiger partial charge in [0, 0.05) is 6.04 Å². The van der Waals surface area contributed by atoms with Gasteiger partial charge in [-0.3, -0.25) is 9.59 Å². The van der Waals surface area contributed by atoms with E-state index in [0.717, 1.165) is 25.7 Å². The largest absolute Gasteiger partial charge is 0.469 e. The fraction of sp³-hybridized carbons (Fsp3) is 0.846. The second-order valence-corrected chi connectivity index (χ2v) is 5.28. The van der Waals surface area contributed by atoms with Crippen molar-refractivity contribution in [3.05, 3.63) is 0 Å². The van der Waals surface area contributed by atoms with E-state index in [4.69, 9.17) is 10.5 Å². The molecule has 0 aromatic carbocycles. The molecular weight excluding hydrogens is 232 g/mol. The Balaban J connectivity index is 2.62. The lowest BCUT2D eigenvalue weighted by Crippen LogP contribution is -2.57. The fourth-order valence-electron chi connectivity index (χ4n) is 2.50. The molecule has 1 saturated carbocycles. The first-order valence-electron chi connectivity index (χ1n) is 6.58. The summed E-state index contributed by atoms with van der Waals surface area (Å²) in [4.78, 5) is 23.0. The molecule has 104 valence electrons. The molecule has 3 N–H and O–H groups in total. The number of hydrogen-bond donors (Lipinski definition) is 2. The fourth-order valence-corrected chi connectivity index (χ4v) is 2.50. The van der Waals surface area contributed by atoms with E-state index >= 15 is 0 Å². The van der Waals surface area contributed by atoms with Gasteiger partial charge in [0.2, 0.25) is 5.91 Å². The van der Waals surface area contributed by atoms with Crippen molar-refractivity contribution in [2.45, 2.75) is 57.5 Å². The summed E-state index contributed by atoms with van der Waals surface area (Å²) < 4.78 is 4.78. The highest BCUT2D eigenvalue weighted by Gasteiger charge is 2.35. The highest BCUT2D eigenvalue weighted by atomic mass is 16.5. The Morgan fingerprint density at radius 3 is 2.61 bits per heavy atom. The number of primary amides is 1.